The van der Waals surface area contributed by atoms with Gasteiger partial charge in [-0.05, 0) is 33.4 Å². The Kier molecular flexibility index (Phi) is 11.7. The van der Waals surface area contributed by atoms with Crippen LogP contribution in [-0.4, -0.2) is 5.11 Å². The summed E-state index contributed by atoms with van der Waals surface area (Å²) in [5.41, 5.74) is 4.74. The van der Waals surface area contributed by atoms with E-state index in [1.165, 1.54) is 0 Å². The Labute approximate surface area is 261 Å². The molecule has 1 nitrogen and oxygen atoms in total. The van der Waals surface area contributed by atoms with Crippen LogP contribution in [0.25, 0.3) is 0 Å². The minimum absolute atomic E-state index is 0. The summed E-state index contributed by atoms with van der Waals surface area (Å²) >= 11 is 7.12. The van der Waals surface area contributed by atoms with Gasteiger partial charge in [-0.3, -0.25) is 0 Å². The summed E-state index contributed by atoms with van der Waals surface area (Å²) in [6, 6.07) is 60.0. The topological polar surface area (TPSA) is 20.2 Å². The van der Waals surface area contributed by atoms with Crippen LogP contribution in [0.5, 0.6) is 0 Å². The van der Waals surface area contributed by atoms with Crippen molar-refractivity contribution in [1.82, 2.24) is 0 Å². The Bertz CT molecular complexity index is 1260. The predicted octanol–water partition coefficient (Wildman–Crippen LogP) is 10.2. The fourth-order valence-electron chi connectivity index (χ4n) is 5.04. The van der Waals surface area contributed by atoms with E-state index in [-0.39, 0.29) is 19.8 Å². The third kappa shape index (κ3) is 6.83. The van der Waals surface area contributed by atoms with Gasteiger partial charge in [0.25, 0.3) is 0 Å². The fourth-order valence-corrected chi connectivity index (χ4v) is 5.42. The first-order valence-corrected chi connectivity index (χ1v) is 13.8. The molecule has 3 heteroatoms. The summed E-state index contributed by atoms with van der Waals surface area (Å²) < 4.78 is 0. The van der Waals surface area contributed by atoms with E-state index in [1.54, 1.807) is 0 Å². The number of rotatable bonds is 6. The van der Waals surface area contributed by atoms with Crippen molar-refractivity contribution in [1.29, 1.82) is 0 Å². The quantitative estimate of drug-likeness (QED) is 0.151. The molecule has 0 aromatic heterocycles. The number of hydrogen-bond donors (Lipinski definition) is 1. The highest BCUT2D eigenvalue weighted by atomic mass is 35.5. The number of hydrogen-bond acceptors (Lipinski definition) is 1. The van der Waals surface area contributed by atoms with Crippen LogP contribution in [0.1, 0.15) is 40.8 Å². The van der Waals surface area contributed by atoms with E-state index in [0.29, 0.717) is 0 Å². The molecule has 1 N–H and O–H groups in total. The second-order valence-electron chi connectivity index (χ2n) is 9.57. The lowest BCUT2D eigenvalue weighted by molar-refractivity contribution is 0.125. The van der Waals surface area contributed by atoms with Crippen molar-refractivity contribution >= 4 is 24.0 Å². The highest BCUT2D eigenvalue weighted by Crippen LogP contribution is 2.42. The van der Waals surface area contributed by atoms with Crippen molar-refractivity contribution in [2.24, 2.45) is 0 Å². The van der Waals surface area contributed by atoms with Crippen molar-refractivity contribution in [2.45, 2.75) is 17.9 Å². The van der Waals surface area contributed by atoms with E-state index < -0.39 is 10.5 Å². The second-order valence-corrected chi connectivity index (χ2v) is 10.1. The van der Waals surface area contributed by atoms with Crippen LogP contribution in [0, 0.1) is 0 Å². The zero-order valence-corrected chi connectivity index (χ0v) is 24.1. The van der Waals surface area contributed by atoms with Crippen molar-refractivity contribution in [3.8, 4) is 0 Å². The molecule has 0 unspecified atom stereocenters. The highest BCUT2D eigenvalue weighted by molar-refractivity contribution is 6.28. The van der Waals surface area contributed by atoms with Gasteiger partial charge in [-0.1, -0.05) is 189 Å². The predicted molar refractivity (Wildman–Crippen MR) is 180 cm³/mol. The minimum atomic E-state index is -1.12. The summed E-state index contributed by atoms with van der Waals surface area (Å²) in [7, 11) is 0. The Morgan fingerprint density at radius 1 is 0.333 bits per heavy atom. The summed E-state index contributed by atoms with van der Waals surface area (Å²) in [4.78, 5) is -0.649. The smallest absolute Gasteiger partial charge is 0.140 e. The minimum Gasteiger partial charge on any atom is -0.376 e. The van der Waals surface area contributed by atoms with E-state index in [0.717, 1.165) is 33.4 Å². The molecule has 0 aliphatic rings. The van der Waals surface area contributed by atoms with Crippen molar-refractivity contribution in [2.75, 3.05) is 0 Å². The molecule has 0 amide bonds. The van der Waals surface area contributed by atoms with Crippen LogP contribution >= 0.6 is 24.0 Å². The first kappa shape index (κ1) is 32.4. The van der Waals surface area contributed by atoms with Gasteiger partial charge in [0, 0.05) is 0 Å². The van der Waals surface area contributed by atoms with Gasteiger partial charge in [0.1, 0.15) is 10.5 Å². The second kappa shape index (κ2) is 15.2. The third-order valence-corrected chi connectivity index (χ3v) is 7.74. The first-order valence-electron chi connectivity index (χ1n) is 13.4. The van der Waals surface area contributed by atoms with Gasteiger partial charge in [0.05, 0.1) is 0 Å². The Morgan fingerprint density at radius 2 is 0.500 bits per heavy atom. The van der Waals surface area contributed by atoms with E-state index in [1.807, 2.05) is 146 Å². The van der Waals surface area contributed by atoms with Crippen LogP contribution in [0.15, 0.2) is 182 Å². The van der Waals surface area contributed by atoms with Gasteiger partial charge in [-0.2, -0.15) is 0 Å². The van der Waals surface area contributed by atoms with Crippen molar-refractivity contribution in [3.05, 3.63) is 215 Å². The molecule has 0 saturated heterocycles. The average Bonchev–Trinajstić information content (AvgIpc) is 3.07. The normalized spacial score (nSPS) is 10.7. The van der Waals surface area contributed by atoms with Crippen LogP contribution < -0.4 is 0 Å². The summed E-state index contributed by atoms with van der Waals surface area (Å²) in [6.45, 7) is 0. The monoisotopic (exact) mass is 590 g/mol. The lowest BCUT2D eigenvalue weighted by Gasteiger charge is -2.30. The number of aliphatic hydroxyl groups is 1. The van der Waals surface area contributed by atoms with E-state index in [2.05, 4.69) is 36.4 Å². The highest BCUT2D eigenvalue weighted by Gasteiger charge is 2.34. The molecule has 0 atom stereocenters. The van der Waals surface area contributed by atoms with Gasteiger partial charge in [-0.25, -0.2) is 0 Å². The zero-order valence-electron chi connectivity index (χ0n) is 22.6. The maximum atomic E-state index is 11.4. The van der Waals surface area contributed by atoms with Crippen LogP contribution in [-0.2, 0) is 10.5 Å². The van der Waals surface area contributed by atoms with Crippen molar-refractivity contribution < 1.29 is 5.11 Å². The molecule has 0 fully saturated rings. The molecule has 0 radical (unpaired) electrons. The number of halogens is 2. The van der Waals surface area contributed by atoms with Gasteiger partial charge in [0.2, 0.25) is 0 Å². The largest absolute Gasteiger partial charge is 0.376 e. The molecule has 0 saturated carbocycles. The molecule has 0 aliphatic carbocycles. The molecular formula is C39H36Cl2O. The standard InChI is InChI=1S/C19H15Cl.C19H16O.CH4.ClH/c2*20-19(16-10-4-1-5-11-16,17-12-6-2-7-13-17)18-14-8-3-9-15-18;;/h1-15H;1-15,20H;1H4;1H. The molecule has 6 aromatic rings. The maximum absolute atomic E-state index is 11.4. The molecule has 42 heavy (non-hydrogen) atoms. The fraction of sp³-hybridized carbons (Fsp3) is 0.0769. The summed E-state index contributed by atoms with van der Waals surface area (Å²) in [6.07, 6.45) is 0. The van der Waals surface area contributed by atoms with Crippen LogP contribution in [0.2, 0.25) is 0 Å². The lowest BCUT2D eigenvalue weighted by Crippen LogP contribution is -2.28. The van der Waals surface area contributed by atoms with Gasteiger partial charge < -0.3 is 5.11 Å². The van der Waals surface area contributed by atoms with E-state index in [9.17, 15) is 5.11 Å². The third-order valence-electron chi connectivity index (χ3n) is 7.09. The lowest BCUT2D eigenvalue weighted by atomic mass is 9.80. The molecule has 0 bridgehead atoms. The van der Waals surface area contributed by atoms with E-state index in [4.69, 9.17) is 11.6 Å². The summed E-state index contributed by atoms with van der Waals surface area (Å²) in [5, 5.41) is 11.4. The van der Waals surface area contributed by atoms with E-state index >= 15 is 0 Å². The molecule has 6 rings (SSSR count). The maximum Gasteiger partial charge on any atom is 0.140 e. The Balaban J connectivity index is 0.000000220. The molecule has 6 aromatic carbocycles. The Morgan fingerprint density at radius 3 is 0.690 bits per heavy atom. The first-order chi connectivity index (χ1) is 19.6. The zero-order chi connectivity index (χ0) is 27.7. The molecule has 0 spiro atoms. The van der Waals surface area contributed by atoms with Gasteiger partial charge in [0.15, 0.2) is 0 Å². The van der Waals surface area contributed by atoms with Crippen molar-refractivity contribution in [3.63, 3.8) is 0 Å². The van der Waals surface area contributed by atoms with Crippen LogP contribution in [0.4, 0.5) is 0 Å². The van der Waals surface area contributed by atoms with Crippen LogP contribution in [0.3, 0.4) is 0 Å². The number of alkyl halides is 1. The molecular weight excluding hydrogens is 555 g/mol. The molecule has 0 aliphatic heterocycles. The number of benzene rings is 6. The van der Waals surface area contributed by atoms with Gasteiger partial charge in [-0.15, -0.1) is 24.0 Å². The van der Waals surface area contributed by atoms with Gasteiger partial charge >= 0.3 is 0 Å². The summed E-state index contributed by atoms with van der Waals surface area (Å²) in [5.74, 6) is 0. The molecule has 212 valence electrons. The average molecular weight is 592 g/mol. The Hall–Kier alpha value is -4.14. The molecule has 0 heterocycles. The SMILES string of the molecule is C.Cl.ClC(c1ccccc1)(c1ccccc1)c1ccccc1.OC(c1ccccc1)(c1ccccc1)c1ccccc1.